The molecule has 0 bridgehead atoms. The summed E-state index contributed by atoms with van der Waals surface area (Å²) in [7, 11) is 0. The SMILES string of the molecule is CCCc1ccc(NC(=O)Cc2ccccc2O)cc1. The van der Waals surface area contributed by atoms with Crippen molar-refractivity contribution in [2.45, 2.75) is 26.2 Å². The zero-order valence-electron chi connectivity index (χ0n) is 11.6. The zero-order chi connectivity index (χ0) is 14.4. The van der Waals surface area contributed by atoms with Gasteiger partial charge in [-0.15, -0.1) is 0 Å². The Hall–Kier alpha value is -2.29. The van der Waals surface area contributed by atoms with Crippen molar-refractivity contribution in [1.82, 2.24) is 0 Å². The van der Waals surface area contributed by atoms with E-state index in [4.69, 9.17) is 0 Å². The van der Waals surface area contributed by atoms with Crippen LogP contribution in [0.3, 0.4) is 0 Å². The summed E-state index contributed by atoms with van der Waals surface area (Å²) in [6.45, 7) is 2.14. The van der Waals surface area contributed by atoms with Crippen LogP contribution in [-0.2, 0) is 17.6 Å². The highest BCUT2D eigenvalue weighted by Crippen LogP contribution is 2.17. The highest BCUT2D eigenvalue weighted by Gasteiger charge is 2.07. The van der Waals surface area contributed by atoms with Crippen LogP contribution in [0.4, 0.5) is 5.69 Å². The van der Waals surface area contributed by atoms with E-state index < -0.39 is 0 Å². The molecule has 0 radical (unpaired) electrons. The molecule has 0 heterocycles. The first-order valence-electron chi connectivity index (χ1n) is 6.84. The summed E-state index contributed by atoms with van der Waals surface area (Å²) in [6, 6.07) is 14.8. The molecular weight excluding hydrogens is 250 g/mol. The van der Waals surface area contributed by atoms with Crippen molar-refractivity contribution >= 4 is 11.6 Å². The quantitative estimate of drug-likeness (QED) is 0.872. The second kappa shape index (κ2) is 6.75. The molecule has 0 aliphatic heterocycles. The van der Waals surface area contributed by atoms with Crippen molar-refractivity contribution in [3.8, 4) is 5.75 Å². The van der Waals surface area contributed by atoms with Gasteiger partial charge in [0, 0.05) is 11.3 Å². The van der Waals surface area contributed by atoms with E-state index in [0.717, 1.165) is 18.5 Å². The Labute approximate surface area is 119 Å². The molecule has 0 aromatic heterocycles. The molecule has 3 nitrogen and oxygen atoms in total. The highest BCUT2D eigenvalue weighted by molar-refractivity contribution is 5.92. The van der Waals surface area contributed by atoms with Crippen molar-refractivity contribution in [1.29, 1.82) is 0 Å². The van der Waals surface area contributed by atoms with Crippen molar-refractivity contribution in [2.24, 2.45) is 0 Å². The maximum Gasteiger partial charge on any atom is 0.228 e. The Morgan fingerprint density at radius 1 is 1.10 bits per heavy atom. The number of phenols is 1. The molecule has 2 N–H and O–H groups in total. The predicted octanol–water partition coefficient (Wildman–Crippen LogP) is 3.53. The van der Waals surface area contributed by atoms with Crippen molar-refractivity contribution in [3.63, 3.8) is 0 Å². The lowest BCUT2D eigenvalue weighted by atomic mass is 10.1. The van der Waals surface area contributed by atoms with Gasteiger partial charge in [-0.1, -0.05) is 43.7 Å². The third-order valence-corrected chi connectivity index (χ3v) is 3.12. The zero-order valence-corrected chi connectivity index (χ0v) is 11.6. The molecule has 2 aromatic rings. The van der Waals surface area contributed by atoms with E-state index in [1.807, 2.05) is 30.3 Å². The van der Waals surface area contributed by atoms with Crippen molar-refractivity contribution in [3.05, 3.63) is 59.7 Å². The molecule has 1 amide bonds. The number of hydrogen-bond acceptors (Lipinski definition) is 2. The molecule has 0 aliphatic rings. The van der Waals surface area contributed by atoms with Crippen molar-refractivity contribution in [2.75, 3.05) is 5.32 Å². The molecule has 2 aromatic carbocycles. The third-order valence-electron chi connectivity index (χ3n) is 3.12. The average Bonchev–Trinajstić information content (AvgIpc) is 2.44. The van der Waals surface area contributed by atoms with Crippen LogP contribution >= 0.6 is 0 Å². The smallest absolute Gasteiger partial charge is 0.228 e. The number of phenolic OH excluding ortho intramolecular Hbond substituents is 1. The number of nitrogens with one attached hydrogen (secondary N) is 1. The first-order chi connectivity index (χ1) is 9.69. The molecular formula is C17H19NO2. The van der Waals surface area contributed by atoms with Gasteiger partial charge in [-0.25, -0.2) is 0 Å². The van der Waals surface area contributed by atoms with Gasteiger partial charge >= 0.3 is 0 Å². The van der Waals surface area contributed by atoms with Gasteiger partial charge in [0.1, 0.15) is 5.75 Å². The Balaban J connectivity index is 1.96. The molecule has 0 aliphatic carbocycles. The molecule has 0 saturated heterocycles. The summed E-state index contributed by atoms with van der Waals surface area (Å²) in [5.41, 5.74) is 2.68. The van der Waals surface area contributed by atoms with E-state index in [2.05, 4.69) is 12.2 Å². The minimum absolute atomic E-state index is 0.130. The minimum Gasteiger partial charge on any atom is -0.508 e. The second-order valence-electron chi connectivity index (χ2n) is 4.80. The largest absolute Gasteiger partial charge is 0.508 e. The molecule has 3 heteroatoms. The normalized spacial score (nSPS) is 10.2. The van der Waals surface area contributed by atoms with Crippen LogP contribution in [0.2, 0.25) is 0 Å². The summed E-state index contributed by atoms with van der Waals surface area (Å²) in [5.74, 6) is 0.0238. The molecule has 0 saturated carbocycles. The fourth-order valence-corrected chi connectivity index (χ4v) is 2.08. The van der Waals surface area contributed by atoms with Crippen LogP contribution in [-0.4, -0.2) is 11.0 Å². The maximum atomic E-state index is 11.9. The fraction of sp³-hybridized carbons (Fsp3) is 0.235. The van der Waals surface area contributed by atoms with Gasteiger partial charge in [0.15, 0.2) is 0 Å². The summed E-state index contributed by atoms with van der Waals surface area (Å²) >= 11 is 0. The lowest BCUT2D eigenvalue weighted by Gasteiger charge is -2.07. The monoisotopic (exact) mass is 269 g/mol. The maximum absolute atomic E-state index is 11.9. The number of aryl methyl sites for hydroxylation is 1. The van der Waals surface area contributed by atoms with Crippen LogP contribution in [0.5, 0.6) is 5.75 Å². The number of rotatable bonds is 5. The number of carbonyl (C=O) groups is 1. The molecule has 0 atom stereocenters. The summed E-state index contributed by atoms with van der Waals surface area (Å²) in [5, 5.41) is 12.5. The third kappa shape index (κ3) is 3.85. The summed E-state index contributed by atoms with van der Waals surface area (Å²) < 4.78 is 0. The predicted molar refractivity (Wildman–Crippen MR) is 80.9 cm³/mol. The van der Waals surface area contributed by atoms with Crippen LogP contribution in [0.1, 0.15) is 24.5 Å². The highest BCUT2D eigenvalue weighted by atomic mass is 16.3. The first-order valence-corrected chi connectivity index (χ1v) is 6.84. The first kappa shape index (κ1) is 14.1. The van der Waals surface area contributed by atoms with E-state index in [9.17, 15) is 9.90 Å². The summed E-state index contributed by atoms with van der Waals surface area (Å²) in [6.07, 6.45) is 2.33. The molecule has 2 rings (SSSR count). The topological polar surface area (TPSA) is 49.3 Å². The molecule has 0 fully saturated rings. The molecule has 0 spiro atoms. The van der Waals surface area contributed by atoms with Crippen LogP contribution in [0.15, 0.2) is 48.5 Å². The van der Waals surface area contributed by atoms with Gasteiger partial charge in [-0.3, -0.25) is 4.79 Å². The molecule has 20 heavy (non-hydrogen) atoms. The average molecular weight is 269 g/mol. The van der Waals surface area contributed by atoms with Crippen molar-refractivity contribution < 1.29 is 9.90 Å². The minimum atomic E-state index is -0.130. The molecule has 0 unspecified atom stereocenters. The number of benzene rings is 2. The van der Waals surface area contributed by atoms with Gasteiger partial charge < -0.3 is 10.4 Å². The number of hydrogen-bond donors (Lipinski definition) is 2. The Bertz CT molecular complexity index is 576. The van der Waals surface area contributed by atoms with Crippen LogP contribution in [0.25, 0.3) is 0 Å². The van der Waals surface area contributed by atoms with Gasteiger partial charge in [-0.05, 0) is 30.2 Å². The van der Waals surface area contributed by atoms with E-state index in [-0.39, 0.29) is 18.1 Å². The van der Waals surface area contributed by atoms with E-state index in [1.54, 1.807) is 18.2 Å². The fourth-order valence-electron chi connectivity index (χ4n) is 2.08. The number of carbonyl (C=O) groups excluding carboxylic acids is 1. The second-order valence-corrected chi connectivity index (χ2v) is 4.80. The van der Waals surface area contributed by atoms with Gasteiger partial charge in [0.05, 0.1) is 6.42 Å². The van der Waals surface area contributed by atoms with Gasteiger partial charge in [-0.2, -0.15) is 0 Å². The number of anilines is 1. The van der Waals surface area contributed by atoms with E-state index in [0.29, 0.717) is 5.56 Å². The summed E-state index contributed by atoms with van der Waals surface area (Å²) in [4.78, 5) is 11.9. The van der Waals surface area contributed by atoms with Gasteiger partial charge in [0.25, 0.3) is 0 Å². The van der Waals surface area contributed by atoms with Crippen LogP contribution in [0, 0.1) is 0 Å². The van der Waals surface area contributed by atoms with Gasteiger partial charge in [0.2, 0.25) is 5.91 Å². The number of aromatic hydroxyl groups is 1. The van der Waals surface area contributed by atoms with E-state index >= 15 is 0 Å². The number of para-hydroxylation sites is 1. The Kier molecular flexibility index (Phi) is 4.77. The van der Waals surface area contributed by atoms with Crippen LogP contribution < -0.4 is 5.32 Å². The standard InChI is InChI=1S/C17H19NO2/c1-2-5-13-8-10-15(11-9-13)18-17(20)12-14-6-3-4-7-16(14)19/h3-4,6-11,19H,2,5,12H2,1H3,(H,18,20). The Morgan fingerprint density at radius 3 is 2.45 bits per heavy atom. The Morgan fingerprint density at radius 2 is 1.80 bits per heavy atom. The molecule has 104 valence electrons. The lowest BCUT2D eigenvalue weighted by molar-refractivity contribution is -0.115. The number of amides is 1. The lowest BCUT2D eigenvalue weighted by Crippen LogP contribution is -2.14. The van der Waals surface area contributed by atoms with E-state index in [1.165, 1.54) is 5.56 Å².